The summed E-state index contributed by atoms with van der Waals surface area (Å²) in [6.07, 6.45) is 3.38. The van der Waals surface area contributed by atoms with Gasteiger partial charge in [0.2, 0.25) is 0 Å². The van der Waals surface area contributed by atoms with E-state index in [-0.39, 0.29) is 5.97 Å². The number of esters is 1. The minimum absolute atomic E-state index is 0.248. The number of carbonyl (C=O) groups is 1. The van der Waals surface area contributed by atoms with Gasteiger partial charge in [0, 0.05) is 12.7 Å². The maximum atomic E-state index is 10.8. The largest absolute Gasteiger partial charge is 0.469 e. The summed E-state index contributed by atoms with van der Waals surface area (Å²) in [5.74, 6) is 0.423. The number of anilines is 1. The van der Waals surface area contributed by atoms with Crippen LogP contribution in [0.1, 0.15) is 6.42 Å². The highest BCUT2D eigenvalue weighted by molar-refractivity contribution is 9.10. The first kappa shape index (κ1) is 10.9. The van der Waals surface area contributed by atoms with Crippen molar-refractivity contribution in [3.05, 3.63) is 17.0 Å². The molecule has 5 nitrogen and oxygen atoms in total. The van der Waals surface area contributed by atoms with Crippen LogP contribution in [0.25, 0.3) is 0 Å². The Labute approximate surface area is 90.0 Å². The van der Waals surface area contributed by atoms with Crippen molar-refractivity contribution in [3.63, 3.8) is 0 Å². The van der Waals surface area contributed by atoms with Crippen LogP contribution in [0.15, 0.2) is 17.0 Å². The third-order valence-corrected chi connectivity index (χ3v) is 2.10. The Bertz CT molecular complexity index is 319. The monoisotopic (exact) mass is 259 g/mol. The second-order valence-electron chi connectivity index (χ2n) is 2.47. The lowest BCUT2D eigenvalue weighted by Crippen LogP contribution is -2.10. The van der Waals surface area contributed by atoms with Crippen LogP contribution in [0.4, 0.5) is 5.82 Å². The van der Waals surface area contributed by atoms with Gasteiger partial charge in [0.25, 0.3) is 0 Å². The van der Waals surface area contributed by atoms with E-state index in [1.54, 1.807) is 6.20 Å². The zero-order valence-electron chi connectivity index (χ0n) is 7.66. The molecule has 0 saturated heterocycles. The average Bonchev–Trinajstić information content (AvgIpc) is 2.20. The molecule has 0 aliphatic carbocycles. The fourth-order valence-corrected chi connectivity index (χ4v) is 1.19. The van der Waals surface area contributed by atoms with E-state index >= 15 is 0 Å². The van der Waals surface area contributed by atoms with Gasteiger partial charge in [-0.2, -0.15) is 0 Å². The van der Waals surface area contributed by atoms with Crippen molar-refractivity contribution in [1.82, 2.24) is 9.97 Å². The smallest absolute Gasteiger partial charge is 0.307 e. The molecular weight excluding hydrogens is 250 g/mol. The van der Waals surface area contributed by atoms with Crippen molar-refractivity contribution in [1.29, 1.82) is 0 Å². The number of methoxy groups -OCH3 is 1. The number of carbonyl (C=O) groups excluding carboxylic acids is 1. The molecule has 0 fully saturated rings. The van der Waals surface area contributed by atoms with Gasteiger partial charge in [-0.1, -0.05) is 0 Å². The summed E-state index contributed by atoms with van der Waals surface area (Å²) in [4.78, 5) is 18.6. The highest BCUT2D eigenvalue weighted by Crippen LogP contribution is 2.16. The summed E-state index contributed by atoms with van der Waals surface area (Å²) in [5.41, 5.74) is 0. The van der Waals surface area contributed by atoms with Crippen LogP contribution in [0.5, 0.6) is 0 Å². The second-order valence-corrected chi connectivity index (χ2v) is 3.33. The Balaban J connectivity index is 2.39. The van der Waals surface area contributed by atoms with Crippen molar-refractivity contribution < 1.29 is 9.53 Å². The molecule has 1 N–H and O–H groups in total. The zero-order valence-corrected chi connectivity index (χ0v) is 9.24. The van der Waals surface area contributed by atoms with Gasteiger partial charge in [-0.15, -0.1) is 0 Å². The van der Waals surface area contributed by atoms with Crippen LogP contribution >= 0.6 is 15.9 Å². The second kappa shape index (κ2) is 5.54. The molecule has 0 bridgehead atoms. The predicted octanol–water partition coefficient (Wildman–Crippen LogP) is 1.21. The Morgan fingerprint density at radius 1 is 1.71 bits per heavy atom. The summed E-state index contributed by atoms with van der Waals surface area (Å²) in [7, 11) is 1.36. The number of nitrogens with one attached hydrogen (secondary N) is 1. The number of ether oxygens (including phenoxy) is 1. The first-order valence-corrected chi connectivity index (χ1v) is 4.79. The molecule has 0 atom stereocenters. The fourth-order valence-electron chi connectivity index (χ4n) is 0.828. The Kier molecular flexibility index (Phi) is 4.31. The molecule has 14 heavy (non-hydrogen) atoms. The molecule has 76 valence electrons. The highest BCUT2D eigenvalue weighted by atomic mass is 79.9. The van der Waals surface area contributed by atoms with Crippen LogP contribution in [0.2, 0.25) is 0 Å². The lowest BCUT2D eigenvalue weighted by atomic mass is 10.4. The van der Waals surface area contributed by atoms with E-state index in [4.69, 9.17) is 0 Å². The van der Waals surface area contributed by atoms with Gasteiger partial charge >= 0.3 is 5.97 Å². The minimum atomic E-state index is -0.248. The van der Waals surface area contributed by atoms with Crippen molar-refractivity contribution in [3.8, 4) is 0 Å². The minimum Gasteiger partial charge on any atom is -0.469 e. The van der Waals surface area contributed by atoms with E-state index < -0.39 is 0 Å². The van der Waals surface area contributed by atoms with E-state index in [0.717, 1.165) is 4.47 Å². The summed E-state index contributed by atoms with van der Waals surface area (Å²) < 4.78 is 5.26. The van der Waals surface area contributed by atoms with E-state index in [1.807, 2.05) is 0 Å². The molecule has 1 aromatic heterocycles. The SMILES string of the molecule is COC(=O)CCNc1ncncc1Br. The number of rotatable bonds is 4. The number of hydrogen-bond acceptors (Lipinski definition) is 5. The van der Waals surface area contributed by atoms with Crippen molar-refractivity contribution in [2.24, 2.45) is 0 Å². The molecule has 6 heteroatoms. The average molecular weight is 260 g/mol. The van der Waals surface area contributed by atoms with Gasteiger partial charge in [0.15, 0.2) is 0 Å². The molecule has 1 rings (SSSR count). The van der Waals surface area contributed by atoms with Crippen LogP contribution in [-0.4, -0.2) is 29.6 Å². The zero-order chi connectivity index (χ0) is 10.4. The lowest BCUT2D eigenvalue weighted by Gasteiger charge is -2.05. The third-order valence-electron chi connectivity index (χ3n) is 1.52. The van der Waals surface area contributed by atoms with Gasteiger partial charge in [0.05, 0.1) is 18.0 Å². The number of hydrogen-bond donors (Lipinski definition) is 1. The first-order chi connectivity index (χ1) is 6.74. The predicted molar refractivity (Wildman–Crippen MR) is 54.9 cm³/mol. The number of halogens is 1. The van der Waals surface area contributed by atoms with E-state index in [9.17, 15) is 4.79 Å². The van der Waals surface area contributed by atoms with E-state index in [1.165, 1.54) is 13.4 Å². The molecule has 0 aliphatic heterocycles. The summed E-state index contributed by atoms with van der Waals surface area (Å²) in [6.45, 7) is 0.488. The fraction of sp³-hybridized carbons (Fsp3) is 0.375. The summed E-state index contributed by atoms with van der Waals surface area (Å²) >= 11 is 3.28. The molecule has 0 aromatic carbocycles. The molecule has 0 radical (unpaired) electrons. The number of aromatic nitrogens is 2. The maximum absolute atomic E-state index is 10.8. The summed E-state index contributed by atoms with van der Waals surface area (Å²) in [5, 5.41) is 2.98. The normalized spacial score (nSPS) is 9.57. The quantitative estimate of drug-likeness (QED) is 0.824. The highest BCUT2D eigenvalue weighted by Gasteiger charge is 2.02. The molecule has 0 aliphatic rings. The van der Waals surface area contributed by atoms with Crippen molar-refractivity contribution in [2.45, 2.75) is 6.42 Å². The lowest BCUT2D eigenvalue weighted by molar-refractivity contribution is -0.140. The van der Waals surface area contributed by atoms with Crippen molar-refractivity contribution in [2.75, 3.05) is 19.0 Å². The standard InChI is InChI=1S/C8H10BrN3O2/c1-14-7(13)2-3-11-8-6(9)4-10-5-12-8/h4-5H,2-3H2,1H3,(H,10,11,12). The van der Waals surface area contributed by atoms with Gasteiger partial charge in [-0.05, 0) is 15.9 Å². The first-order valence-electron chi connectivity index (χ1n) is 4.00. The Hall–Kier alpha value is -1.17. The van der Waals surface area contributed by atoms with Gasteiger partial charge in [-0.3, -0.25) is 4.79 Å². The Morgan fingerprint density at radius 3 is 3.14 bits per heavy atom. The van der Waals surface area contributed by atoms with Crippen LogP contribution in [0.3, 0.4) is 0 Å². The van der Waals surface area contributed by atoms with Crippen LogP contribution in [-0.2, 0) is 9.53 Å². The van der Waals surface area contributed by atoms with Crippen LogP contribution < -0.4 is 5.32 Å². The summed E-state index contributed by atoms with van der Waals surface area (Å²) in [6, 6.07) is 0. The molecule has 1 aromatic rings. The number of nitrogens with zero attached hydrogens (tertiary/aromatic N) is 2. The molecule has 0 amide bonds. The van der Waals surface area contributed by atoms with Gasteiger partial charge < -0.3 is 10.1 Å². The molecular formula is C8H10BrN3O2. The molecule has 0 spiro atoms. The van der Waals surface area contributed by atoms with Crippen LogP contribution in [0, 0.1) is 0 Å². The molecule has 0 saturated carbocycles. The van der Waals surface area contributed by atoms with Gasteiger partial charge in [-0.25, -0.2) is 9.97 Å². The maximum Gasteiger partial charge on any atom is 0.307 e. The van der Waals surface area contributed by atoms with E-state index in [0.29, 0.717) is 18.8 Å². The van der Waals surface area contributed by atoms with Crippen molar-refractivity contribution >= 4 is 27.7 Å². The third kappa shape index (κ3) is 3.29. The molecule has 1 heterocycles. The Morgan fingerprint density at radius 2 is 2.50 bits per heavy atom. The topological polar surface area (TPSA) is 64.1 Å². The molecule has 0 unspecified atom stereocenters. The van der Waals surface area contributed by atoms with Gasteiger partial charge in [0.1, 0.15) is 12.1 Å². The van der Waals surface area contributed by atoms with E-state index in [2.05, 4.69) is 36.0 Å².